The monoisotopic (exact) mass is 436 g/mol. The summed E-state index contributed by atoms with van der Waals surface area (Å²) in [6, 6.07) is 13.6. The van der Waals surface area contributed by atoms with Crippen LogP contribution < -0.4 is 10.6 Å². The lowest BCUT2D eigenvalue weighted by Gasteiger charge is -2.29. The zero-order chi connectivity index (χ0) is 21.8. The van der Waals surface area contributed by atoms with E-state index in [-0.39, 0.29) is 17.7 Å². The Morgan fingerprint density at radius 2 is 1.77 bits per heavy atom. The highest BCUT2D eigenvalue weighted by atomic mass is 32.1. The van der Waals surface area contributed by atoms with Gasteiger partial charge in [0.2, 0.25) is 5.91 Å². The van der Waals surface area contributed by atoms with Gasteiger partial charge in [-0.15, -0.1) is 0 Å². The highest BCUT2D eigenvalue weighted by molar-refractivity contribution is 7.13. The first kappa shape index (κ1) is 21.0. The van der Waals surface area contributed by atoms with Gasteiger partial charge in [-0.25, -0.2) is 0 Å². The first-order valence-electron chi connectivity index (χ1n) is 10.4. The van der Waals surface area contributed by atoms with Crippen molar-refractivity contribution in [2.75, 3.05) is 18.4 Å². The lowest BCUT2D eigenvalue weighted by molar-refractivity contribution is -0.133. The third-order valence-corrected chi connectivity index (χ3v) is 6.19. The summed E-state index contributed by atoms with van der Waals surface area (Å²) in [7, 11) is 0. The van der Waals surface area contributed by atoms with Crippen molar-refractivity contribution in [2.45, 2.75) is 32.2 Å². The molecule has 1 aliphatic rings. The van der Waals surface area contributed by atoms with E-state index in [1.165, 1.54) is 11.5 Å². The fourth-order valence-corrected chi connectivity index (χ4v) is 4.48. The summed E-state index contributed by atoms with van der Waals surface area (Å²) < 4.78 is 5.20. The maximum Gasteiger partial charge on any atom is 0.276 e. The van der Waals surface area contributed by atoms with E-state index >= 15 is 0 Å². The normalized spacial score (nSPS) is 14.8. The number of hydrogen-bond donors (Lipinski definition) is 2. The Morgan fingerprint density at radius 1 is 1.00 bits per heavy atom. The molecule has 7 nitrogen and oxygen atoms in total. The molecule has 1 fully saturated rings. The predicted molar refractivity (Wildman–Crippen MR) is 121 cm³/mol. The Morgan fingerprint density at radius 3 is 2.58 bits per heavy atom. The van der Waals surface area contributed by atoms with Gasteiger partial charge in [0.1, 0.15) is 11.7 Å². The van der Waals surface area contributed by atoms with Gasteiger partial charge in [0.15, 0.2) is 0 Å². The molecule has 0 unspecified atom stereocenters. The first-order chi connectivity index (χ1) is 15.0. The van der Waals surface area contributed by atoms with Crippen molar-refractivity contribution >= 4 is 45.0 Å². The van der Waals surface area contributed by atoms with Crippen LogP contribution in [0.25, 0.3) is 10.1 Å². The van der Waals surface area contributed by atoms with Crippen LogP contribution >= 0.6 is 11.5 Å². The number of anilines is 1. The molecule has 1 aliphatic heterocycles. The minimum atomic E-state index is -0.606. The van der Waals surface area contributed by atoms with Gasteiger partial charge in [0.05, 0.1) is 4.70 Å². The molecule has 1 aromatic heterocycles. The summed E-state index contributed by atoms with van der Waals surface area (Å²) in [5.41, 5.74) is 1.22. The average Bonchev–Trinajstić information content (AvgIpc) is 3.23. The molecule has 2 heterocycles. The van der Waals surface area contributed by atoms with Crippen molar-refractivity contribution in [3.05, 3.63) is 59.8 Å². The lowest BCUT2D eigenvalue weighted by atomic mass is 10.1. The van der Waals surface area contributed by atoms with Crippen molar-refractivity contribution in [3.8, 4) is 0 Å². The van der Waals surface area contributed by atoms with Crippen LogP contribution in [0.3, 0.4) is 0 Å². The molecule has 8 heteroatoms. The number of carbonyl (C=O) groups excluding carboxylic acids is 3. The number of amides is 3. The summed E-state index contributed by atoms with van der Waals surface area (Å²) in [5, 5.41) is 6.38. The van der Waals surface area contributed by atoms with E-state index in [9.17, 15) is 14.4 Å². The van der Waals surface area contributed by atoms with Crippen LogP contribution in [0.15, 0.2) is 48.5 Å². The molecular formula is C23H24N4O3S. The number of fused-ring (bicyclic) bond motifs is 1. The van der Waals surface area contributed by atoms with Gasteiger partial charge in [-0.05, 0) is 62.0 Å². The van der Waals surface area contributed by atoms with Crippen LogP contribution in [0, 0.1) is 0 Å². The van der Waals surface area contributed by atoms with Gasteiger partial charge < -0.3 is 15.5 Å². The van der Waals surface area contributed by atoms with Crippen molar-refractivity contribution in [1.82, 2.24) is 14.6 Å². The van der Waals surface area contributed by atoms with E-state index in [0.29, 0.717) is 16.9 Å². The third-order valence-electron chi connectivity index (χ3n) is 5.36. The Kier molecular flexibility index (Phi) is 6.27. The van der Waals surface area contributed by atoms with Crippen LogP contribution in [-0.4, -0.2) is 46.1 Å². The number of piperidine rings is 1. The van der Waals surface area contributed by atoms with Crippen LogP contribution in [0.1, 0.15) is 47.0 Å². The summed E-state index contributed by atoms with van der Waals surface area (Å²) in [6.07, 6.45) is 3.14. The molecule has 2 N–H and O–H groups in total. The lowest BCUT2D eigenvalue weighted by Crippen LogP contribution is -2.48. The molecule has 4 rings (SSSR count). The zero-order valence-electron chi connectivity index (χ0n) is 17.3. The maximum atomic E-state index is 12.7. The number of hydrogen-bond acceptors (Lipinski definition) is 5. The van der Waals surface area contributed by atoms with Gasteiger partial charge in [-0.3, -0.25) is 14.4 Å². The molecule has 0 saturated carbocycles. The number of rotatable bonds is 5. The van der Waals surface area contributed by atoms with Crippen LogP contribution in [0.4, 0.5) is 5.69 Å². The zero-order valence-corrected chi connectivity index (χ0v) is 18.1. The highest BCUT2D eigenvalue weighted by Crippen LogP contribution is 2.23. The maximum absolute atomic E-state index is 12.7. The molecule has 0 bridgehead atoms. The van der Waals surface area contributed by atoms with E-state index < -0.39 is 6.04 Å². The second-order valence-electron chi connectivity index (χ2n) is 7.64. The Bertz CT molecular complexity index is 1120. The van der Waals surface area contributed by atoms with Gasteiger partial charge in [0.25, 0.3) is 11.8 Å². The summed E-state index contributed by atoms with van der Waals surface area (Å²) >= 11 is 1.27. The second kappa shape index (κ2) is 9.26. The van der Waals surface area contributed by atoms with E-state index in [2.05, 4.69) is 15.0 Å². The fourth-order valence-electron chi connectivity index (χ4n) is 3.71. The molecular weight excluding hydrogens is 412 g/mol. The second-order valence-corrected chi connectivity index (χ2v) is 8.45. The molecule has 1 saturated heterocycles. The number of likely N-dealkylation sites (tertiary alicyclic amines) is 1. The summed E-state index contributed by atoms with van der Waals surface area (Å²) in [5.74, 6) is -0.746. The van der Waals surface area contributed by atoms with E-state index in [1.807, 2.05) is 29.2 Å². The van der Waals surface area contributed by atoms with E-state index in [0.717, 1.165) is 42.4 Å². The van der Waals surface area contributed by atoms with Crippen molar-refractivity contribution in [1.29, 1.82) is 0 Å². The van der Waals surface area contributed by atoms with Crippen molar-refractivity contribution in [2.24, 2.45) is 0 Å². The summed E-state index contributed by atoms with van der Waals surface area (Å²) in [6.45, 7) is 3.19. The van der Waals surface area contributed by atoms with Crippen molar-refractivity contribution < 1.29 is 14.4 Å². The first-order valence-corrected chi connectivity index (χ1v) is 11.2. The van der Waals surface area contributed by atoms with E-state index in [4.69, 9.17) is 0 Å². The Hall–Kier alpha value is -3.26. The highest BCUT2D eigenvalue weighted by Gasteiger charge is 2.24. The smallest absolute Gasteiger partial charge is 0.276 e. The quantitative estimate of drug-likeness (QED) is 0.638. The minimum absolute atomic E-state index is 0.0621. The minimum Gasteiger partial charge on any atom is -0.341 e. The number of benzene rings is 2. The molecule has 0 spiro atoms. The Balaban J connectivity index is 1.42. The molecule has 3 amide bonds. The predicted octanol–water partition coefficient (Wildman–Crippen LogP) is 3.68. The molecule has 31 heavy (non-hydrogen) atoms. The number of aromatic nitrogens is 1. The molecule has 0 radical (unpaired) electrons. The molecule has 1 atom stereocenters. The van der Waals surface area contributed by atoms with Crippen LogP contribution in [0.2, 0.25) is 0 Å². The van der Waals surface area contributed by atoms with Gasteiger partial charge in [-0.2, -0.15) is 4.37 Å². The fraction of sp³-hybridized carbons (Fsp3) is 0.304. The van der Waals surface area contributed by atoms with Crippen molar-refractivity contribution in [3.63, 3.8) is 0 Å². The summed E-state index contributed by atoms with van der Waals surface area (Å²) in [4.78, 5) is 39.7. The largest absolute Gasteiger partial charge is 0.341 e. The van der Waals surface area contributed by atoms with Gasteiger partial charge in [-0.1, -0.05) is 24.3 Å². The Labute approximate surface area is 184 Å². The molecule has 2 aromatic carbocycles. The van der Waals surface area contributed by atoms with Crippen LogP contribution in [-0.2, 0) is 4.79 Å². The van der Waals surface area contributed by atoms with Gasteiger partial charge >= 0.3 is 0 Å². The number of carbonyl (C=O) groups is 3. The number of nitrogens with one attached hydrogen (secondary N) is 2. The average molecular weight is 437 g/mol. The SMILES string of the molecule is C[C@@H](NC(=O)c1cccc(NC(=O)c2nsc3ccccc23)c1)C(=O)N1CCCCC1. The van der Waals surface area contributed by atoms with E-state index in [1.54, 1.807) is 31.2 Å². The standard InChI is InChI=1S/C23H24N4O3S/c1-15(23(30)27-12-5-2-6-13-27)24-21(28)16-8-7-9-17(14-16)25-22(29)20-18-10-3-4-11-19(18)31-26-20/h3-4,7-11,14-15H,2,5-6,12-13H2,1H3,(H,24,28)(H,25,29)/t15-/m1/s1. The van der Waals surface area contributed by atoms with Crippen LogP contribution in [0.5, 0.6) is 0 Å². The third kappa shape index (κ3) is 4.74. The molecule has 0 aliphatic carbocycles. The molecule has 3 aromatic rings. The van der Waals surface area contributed by atoms with Gasteiger partial charge in [0, 0.05) is 29.7 Å². The number of nitrogens with zero attached hydrogens (tertiary/aromatic N) is 2. The topological polar surface area (TPSA) is 91.4 Å². The molecule has 160 valence electrons.